The minimum atomic E-state index is -4.64. The van der Waals surface area contributed by atoms with Crippen LogP contribution in [0.5, 0.6) is 0 Å². The molecule has 3 N–H and O–H groups in total. The molecule has 2 aliphatic rings. The molecule has 1 aliphatic carbocycles. The third-order valence-corrected chi connectivity index (χ3v) is 4.64. The van der Waals surface area contributed by atoms with E-state index in [-0.39, 0.29) is 17.5 Å². The molecule has 1 saturated heterocycles. The van der Waals surface area contributed by atoms with Crippen LogP contribution in [0.4, 0.5) is 13.2 Å². The number of nitrogens with one attached hydrogen (secondary N) is 1. The van der Waals surface area contributed by atoms with Crippen molar-refractivity contribution in [3.05, 3.63) is 33.7 Å². The highest BCUT2D eigenvalue weighted by atomic mass is 19.4. The number of H-pyrrole nitrogens is 1. The Morgan fingerprint density at radius 2 is 2.00 bits per heavy atom. The average molecular weight is 315 g/mol. The summed E-state index contributed by atoms with van der Waals surface area (Å²) in [5, 5.41) is 0. The topological polar surface area (TPSA) is 79.2 Å². The Morgan fingerprint density at radius 1 is 1.27 bits per heavy atom. The third-order valence-electron chi connectivity index (χ3n) is 4.64. The first-order valence-corrected chi connectivity index (χ1v) is 7.12. The van der Waals surface area contributed by atoms with Crippen molar-refractivity contribution >= 4 is 5.91 Å². The quantitative estimate of drug-likeness (QED) is 0.817. The summed E-state index contributed by atoms with van der Waals surface area (Å²) in [6, 6.07) is 1.71. The van der Waals surface area contributed by atoms with E-state index in [0.29, 0.717) is 19.0 Å². The smallest absolute Gasteiger partial charge is 0.338 e. The molecule has 3 rings (SSSR count). The van der Waals surface area contributed by atoms with E-state index in [0.717, 1.165) is 25.0 Å². The summed E-state index contributed by atoms with van der Waals surface area (Å²) in [4.78, 5) is 27.4. The second-order valence-electron chi connectivity index (χ2n) is 5.99. The first-order valence-electron chi connectivity index (χ1n) is 7.12. The molecule has 2 heterocycles. The van der Waals surface area contributed by atoms with Crippen molar-refractivity contribution in [2.24, 2.45) is 17.6 Å². The molecular formula is C14H16F3N3O2. The van der Waals surface area contributed by atoms with Crippen LogP contribution in [0.25, 0.3) is 0 Å². The van der Waals surface area contributed by atoms with E-state index in [1.807, 2.05) is 0 Å². The number of carbonyl (C=O) groups is 1. The normalized spacial score (nSPS) is 28.0. The summed E-state index contributed by atoms with van der Waals surface area (Å²) >= 11 is 0. The zero-order chi connectivity index (χ0) is 16.1. The number of nitrogens with zero attached hydrogens (tertiary/aromatic N) is 1. The summed E-state index contributed by atoms with van der Waals surface area (Å²) in [7, 11) is 0. The van der Waals surface area contributed by atoms with Gasteiger partial charge in [-0.25, -0.2) is 0 Å². The van der Waals surface area contributed by atoms with E-state index in [9.17, 15) is 22.8 Å². The molecule has 2 fully saturated rings. The minimum Gasteiger partial charge on any atom is -0.338 e. The van der Waals surface area contributed by atoms with Crippen molar-refractivity contribution in [2.45, 2.75) is 25.1 Å². The summed E-state index contributed by atoms with van der Waals surface area (Å²) in [5.41, 5.74) is 3.55. The average Bonchev–Trinajstić information content (AvgIpc) is 3.00. The molecule has 1 aromatic rings. The number of hydrogen-bond acceptors (Lipinski definition) is 3. The van der Waals surface area contributed by atoms with Gasteiger partial charge in [0, 0.05) is 19.1 Å². The molecule has 3 unspecified atom stereocenters. The van der Waals surface area contributed by atoms with Crippen LogP contribution in [0, 0.1) is 11.8 Å². The lowest BCUT2D eigenvalue weighted by atomic mass is 9.98. The van der Waals surface area contributed by atoms with E-state index in [1.54, 1.807) is 4.98 Å². The highest BCUT2D eigenvalue weighted by Gasteiger charge is 2.43. The Balaban J connectivity index is 1.80. The van der Waals surface area contributed by atoms with Crippen molar-refractivity contribution < 1.29 is 18.0 Å². The van der Waals surface area contributed by atoms with Gasteiger partial charge in [-0.3, -0.25) is 9.59 Å². The van der Waals surface area contributed by atoms with Gasteiger partial charge in [-0.05, 0) is 36.8 Å². The lowest BCUT2D eigenvalue weighted by molar-refractivity contribution is -0.141. The third kappa shape index (κ3) is 2.51. The van der Waals surface area contributed by atoms with E-state index >= 15 is 0 Å². The standard InChI is InChI=1S/C14H16F3N3O2/c15-14(16,17)11-4-2-8(12(21)19-11)13(22)20-5-7-1-3-10(18)9(7)6-20/h2,4,7,9-10H,1,3,5-6,18H2,(H,19,21). The van der Waals surface area contributed by atoms with Crippen LogP contribution in [0.3, 0.4) is 0 Å². The SMILES string of the molecule is NC1CCC2CN(C(=O)c3ccc(C(F)(F)F)[nH]c3=O)CC12. The number of nitrogens with two attached hydrogens (primary N) is 1. The number of hydrogen-bond donors (Lipinski definition) is 2. The molecule has 0 aromatic carbocycles. The maximum atomic E-state index is 12.5. The highest BCUT2D eigenvalue weighted by Crippen LogP contribution is 2.37. The van der Waals surface area contributed by atoms with Crippen LogP contribution in [0.15, 0.2) is 16.9 Å². The Morgan fingerprint density at radius 3 is 2.59 bits per heavy atom. The van der Waals surface area contributed by atoms with E-state index in [1.165, 1.54) is 4.90 Å². The van der Waals surface area contributed by atoms with Crippen LogP contribution in [0.1, 0.15) is 28.9 Å². The molecule has 1 aromatic heterocycles. The fraction of sp³-hybridized carbons (Fsp3) is 0.571. The van der Waals surface area contributed by atoms with Gasteiger partial charge in [0.15, 0.2) is 0 Å². The van der Waals surface area contributed by atoms with Gasteiger partial charge in [-0.15, -0.1) is 0 Å². The van der Waals surface area contributed by atoms with Crippen molar-refractivity contribution in [3.63, 3.8) is 0 Å². The van der Waals surface area contributed by atoms with Gasteiger partial charge < -0.3 is 15.6 Å². The predicted molar refractivity (Wildman–Crippen MR) is 72.2 cm³/mol. The van der Waals surface area contributed by atoms with Gasteiger partial charge in [0.2, 0.25) is 0 Å². The second kappa shape index (κ2) is 5.12. The number of pyridine rings is 1. The first-order chi connectivity index (χ1) is 10.3. The molecule has 120 valence electrons. The molecule has 0 radical (unpaired) electrons. The van der Waals surface area contributed by atoms with Crippen LogP contribution in [-0.4, -0.2) is 34.9 Å². The van der Waals surface area contributed by atoms with Crippen molar-refractivity contribution in [3.8, 4) is 0 Å². The zero-order valence-corrected chi connectivity index (χ0v) is 11.7. The van der Waals surface area contributed by atoms with Gasteiger partial charge in [0.1, 0.15) is 11.3 Å². The molecule has 1 amide bonds. The lowest BCUT2D eigenvalue weighted by Gasteiger charge is -2.18. The fourth-order valence-corrected chi connectivity index (χ4v) is 3.45. The fourth-order valence-electron chi connectivity index (χ4n) is 3.45. The second-order valence-corrected chi connectivity index (χ2v) is 5.99. The summed E-state index contributed by atoms with van der Waals surface area (Å²) in [6.45, 7) is 0.975. The predicted octanol–water partition coefficient (Wildman–Crippen LogP) is 1.20. The lowest BCUT2D eigenvalue weighted by Crippen LogP contribution is -2.36. The van der Waals surface area contributed by atoms with E-state index in [4.69, 9.17) is 5.73 Å². The molecule has 3 atom stereocenters. The summed E-state index contributed by atoms with van der Waals surface area (Å²) in [5.74, 6) is 0.0153. The zero-order valence-electron chi connectivity index (χ0n) is 11.7. The number of aromatic amines is 1. The van der Waals surface area contributed by atoms with Crippen molar-refractivity contribution in [1.29, 1.82) is 0 Å². The Labute approximate surface area is 124 Å². The van der Waals surface area contributed by atoms with E-state index < -0.39 is 23.3 Å². The van der Waals surface area contributed by atoms with Gasteiger partial charge >= 0.3 is 6.18 Å². The monoisotopic (exact) mass is 315 g/mol. The number of likely N-dealkylation sites (tertiary alicyclic amines) is 1. The van der Waals surface area contributed by atoms with Crippen molar-refractivity contribution in [2.75, 3.05) is 13.1 Å². The molecule has 5 nitrogen and oxygen atoms in total. The molecule has 1 aliphatic heterocycles. The largest absolute Gasteiger partial charge is 0.431 e. The summed E-state index contributed by atoms with van der Waals surface area (Å²) < 4.78 is 37.6. The summed E-state index contributed by atoms with van der Waals surface area (Å²) in [6.07, 6.45) is -2.77. The number of halogens is 3. The van der Waals surface area contributed by atoms with Gasteiger partial charge in [0.25, 0.3) is 11.5 Å². The van der Waals surface area contributed by atoms with Crippen LogP contribution >= 0.6 is 0 Å². The molecule has 8 heteroatoms. The van der Waals surface area contributed by atoms with Crippen molar-refractivity contribution in [1.82, 2.24) is 9.88 Å². The first kappa shape index (κ1) is 15.1. The number of amides is 1. The van der Waals surface area contributed by atoms with Crippen LogP contribution < -0.4 is 11.3 Å². The number of fused-ring (bicyclic) bond motifs is 1. The maximum absolute atomic E-state index is 12.5. The minimum absolute atomic E-state index is 0.0497. The maximum Gasteiger partial charge on any atom is 0.431 e. The highest BCUT2D eigenvalue weighted by molar-refractivity contribution is 5.94. The molecule has 0 bridgehead atoms. The van der Waals surface area contributed by atoms with Crippen LogP contribution in [-0.2, 0) is 6.18 Å². The number of alkyl halides is 3. The molecule has 1 saturated carbocycles. The molecule has 0 spiro atoms. The number of aromatic nitrogens is 1. The Bertz CT molecular complexity index is 655. The Hall–Kier alpha value is -1.83. The van der Waals surface area contributed by atoms with E-state index in [2.05, 4.69) is 0 Å². The number of rotatable bonds is 1. The van der Waals surface area contributed by atoms with Gasteiger partial charge in [-0.1, -0.05) is 0 Å². The molecular weight excluding hydrogens is 299 g/mol. The number of carbonyl (C=O) groups excluding carboxylic acids is 1. The van der Waals surface area contributed by atoms with Gasteiger partial charge in [0.05, 0.1) is 0 Å². The van der Waals surface area contributed by atoms with Crippen LogP contribution in [0.2, 0.25) is 0 Å². The Kier molecular flexibility index (Phi) is 3.51. The van der Waals surface area contributed by atoms with Gasteiger partial charge in [-0.2, -0.15) is 13.2 Å². The molecule has 22 heavy (non-hydrogen) atoms.